The van der Waals surface area contributed by atoms with E-state index in [4.69, 9.17) is 4.74 Å². The molecule has 3 rings (SSSR count). The molecule has 208 valence electrons. The summed E-state index contributed by atoms with van der Waals surface area (Å²) in [5, 5.41) is 2.84. The van der Waals surface area contributed by atoms with Crippen LogP contribution in [0.4, 0.5) is 5.69 Å². The summed E-state index contributed by atoms with van der Waals surface area (Å²) in [6.45, 7) is 7.43. The van der Waals surface area contributed by atoms with E-state index >= 15 is 0 Å². The minimum atomic E-state index is -4.10. The van der Waals surface area contributed by atoms with Crippen LogP contribution in [0.5, 0.6) is 5.75 Å². The summed E-state index contributed by atoms with van der Waals surface area (Å²) in [4.78, 5) is 28.4. The topological polar surface area (TPSA) is 96.0 Å². The number of hydrogen-bond acceptors (Lipinski definition) is 5. The smallest absolute Gasteiger partial charge is 0.264 e. The van der Waals surface area contributed by atoms with Crippen molar-refractivity contribution in [1.82, 2.24) is 10.2 Å². The molecule has 1 N–H and O–H groups in total. The van der Waals surface area contributed by atoms with Crippen LogP contribution in [0.1, 0.15) is 37.0 Å². The fourth-order valence-corrected chi connectivity index (χ4v) is 5.76. The molecule has 2 amide bonds. The second-order valence-electron chi connectivity index (χ2n) is 9.45. The quantitative estimate of drug-likeness (QED) is 0.359. The van der Waals surface area contributed by atoms with Crippen molar-refractivity contribution >= 4 is 27.5 Å². The van der Waals surface area contributed by atoms with Crippen LogP contribution in [0.25, 0.3) is 0 Å². The van der Waals surface area contributed by atoms with Crippen molar-refractivity contribution in [2.24, 2.45) is 0 Å². The summed E-state index contributed by atoms with van der Waals surface area (Å²) in [5.74, 6) is -0.194. The number of sulfonamides is 1. The van der Waals surface area contributed by atoms with Crippen LogP contribution in [0.2, 0.25) is 0 Å². The van der Waals surface area contributed by atoms with E-state index < -0.39 is 28.5 Å². The van der Waals surface area contributed by atoms with Crippen LogP contribution in [-0.4, -0.2) is 51.4 Å². The number of ether oxygens (including phenoxy) is 1. The summed E-state index contributed by atoms with van der Waals surface area (Å²) in [7, 11) is -2.54. The maximum absolute atomic E-state index is 14.0. The molecule has 0 spiro atoms. The number of anilines is 1. The number of hydrogen-bond donors (Lipinski definition) is 1. The Morgan fingerprint density at radius 3 is 2.33 bits per heavy atom. The molecular weight excluding hydrogens is 514 g/mol. The number of nitrogens with one attached hydrogen (secondary N) is 1. The average Bonchev–Trinajstić information content (AvgIpc) is 2.93. The third kappa shape index (κ3) is 7.38. The van der Waals surface area contributed by atoms with E-state index in [-0.39, 0.29) is 17.3 Å². The van der Waals surface area contributed by atoms with Gasteiger partial charge < -0.3 is 15.0 Å². The van der Waals surface area contributed by atoms with Crippen molar-refractivity contribution in [2.75, 3.05) is 24.5 Å². The van der Waals surface area contributed by atoms with Gasteiger partial charge in [-0.15, -0.1) is 0 Å². The molecular formula is C30H37N3O5S. The fourth-order valence-electron chi connectivity index (χ4n) is 4.26. The number of aryl methyl sites for hydroxylation is 2. The Labute approximate surface area is 231 Å². The molecule has 0 aliphatic rings. The van der Waals surface area contributed by atoms with Crippen LogP contribution in [0, 0.1) is 13.8 Å². The number of carbonyl (C=O) groups excluding carboxylic acids is 2. The summed E-state index contributed by atoms with van der Waals surface area (Å²) >= 11 is 0. The Hall–Kier alpha value is -3.85. The minimum absolute atomic E-state index is 0.0749. The highest BCUT2D eigenvalue weighted by Crippen LogP contribution is 2.28. The van der Waals surface area contributed by atoms with Crippen molar-refractivity contribution in [2.45, 2.75) is 51.6 Å². The molecule has 0 saturated heterocycles. The number of benzene rings is 3. The summed E-state index contributed by atoms with van der Waals surface area (Å²) < 4.78 is 34.2. The SMILES string of the molecule is CCCNC(=O)[C@H](C)N(Cc1cccc(OC)c1)C(=O)CN(c1ccc(C)cc1C)S(=O)(=O)c1ccccc1. The van der Waals surface area contributed by atoms with Crippen molar-refractivity contribution in [3.05, 3.63) is 89.5 Å². The molecule has 8 nitrogen and oxygen atoms in total. The molecule has 0 saturated carbocycles. The first-order valence-corrected chi connectivity index (χ1v) is 14.4. The van der Waals surface area contributed by atoms with Gasteiger partial charge in [0.2, 0.25) is 11.8 Å². The highest BCUT2D eigenvalue weighted by atomic mass is 32.2. The Bertz CT molecular complexity index is 1390. The standard InChI is InChI=1S/C30H37N3O5S/c1-6-17-31-30(35)24(4)32(20-25-11-10-12-26(19-25)38-5)29(34)21-33(28-16-15-22(2)18-23(28)3)39(36,37)27-13-8-7-9-14-27/h7-16,18-19,24H,6,17,20-21H2,1-5H3,(H,31,35)/t24-/m0/s1. The lowest BCUT2D eigenvalue weighted by molar-refractivity contribution is -0.139. The predicted octanol–water partition coefficient (Wildman–Crippen LogP) is 4.45. The largest absolute Gasteiger partial charge is 0.497 e. The van der Waals surface area contributed by atoms with Gasteiger partial charge in [-0.1, -0.05) is 55.0 Å². The van der Waals surface area contributed by atoms with E-state index in [0.717, 1.165) is 27.4 Å². The van der Waals surface area contributed by atoms with Crippen LogP contribution in [-0.2, 0) is 26.2 Å². The lowest BCUT2D eigenvalue weighted by Gasteiger charge is -2.32. The molecule has 0 heterocycles. The first-order valence-electron chi connectivity index (χ1n) is 12.9. The maximum atomic E-state index is 14.0. The third-order valence-corrected chi connectivity index (χ3v) is 8.21. The van der Waals surface area contributed by atoms with Crippen LogP contribution < -0.4 is 14.4 Å². The van der Waals surface area contributed by atoms with Crippen molar-refractivity contribution in [3.63, 3.8) is 0 Å². The van der Waals surface area contributed by atoms with E-state index in [1.54, 1.807) is 56.5 Å². The van der Waals surface area contributed by atoms with E-state index in [1.165, 1.54) is 17.0 Å². The molecule has 0 aromatic heterocycles. The van der Waals surface area contributed by atoms with Crippen molar-refractivity contribution in [1.29, 1.82) is 0 Å². The van der Waals surface area contributed by atoms with Gasteiger partial charge in [0.25, 0.3) is 10.0 Å². The molecule has 0 bridgehead atoms. The monoisotopic (exact) mass is 551 g/mol. The van der Waals surface area contributed by atoms with Crippen molar-refractivity contribution < 1.29 is 22.7 Å². The lowest BCUT2D eigenvalue weighted by Crippen LogP contribution is -2.51. The van der Waals surface area contributed by atoms with Gasteiger partial charge in [0.1, 0.15) is 18.3 Å². The van der Waals surface area contributed by atoms with E-state index in [1.807, 2.05) is 39.0 Å². The normalized spacial score (nSPS) is 11.9. The van der Waals surface area contributed by atoms with Gasteiger partial charge in [-0.3, -0.25) is 13.9 Å². The zero-order valence-electron chi connectivity index (χ0n) is 23.2. The van der Waals surface area contributed by atoms with Crippen LogP contribution >= 0.6 is 0 Å². The molecule has 39 heavy (non-hydrogen) atoms. The summed E-state index contributed by atoms with van der Waals surface area (Å²) in [6.07, 6.45) is 0.748. The van der Waals surface area contributed by atoms with Crippen molar-refractivity contribution in [3.8, 4) is 5.75 Å². The van der Waals surface area contributed by atoms with Gasteiger partial charge in [0.15, 0.2) is 0 Å². The summed E-state index contributed by atoms with van der Waals surface area (Å²) in [6, 6.07) is 19.8. The predicted molar refractivity (Wildman–Crippen MR) is 153 cm³/mol. The van der Waals surface area contributed by atoms with Crippen LogP contribution in [0.3, 0.4) is 0 Å². The Balaban J connectivity index is 2.05. The molecule has 9 heteroatoms. The van der Waals surface area contributed by atoms with Gasteiger partial charge in [-0.2, -0.15) is 0 Å². The molecule has 1 atom stereocenters. The first-order chi connectivity index (χ1) is 18.6. The fraction of sp³-hybridized carbons (Fsp3) is 0.333. The van der Waals surface area contributed by atoms with Gasteiger partial charge >= 0.3 is 0 Å². The van der Waals surface area contributed by atoms with Gasteiger partial charge in [-0.25, -0.2) is 8.42 Å². The maximum Gasteiger partial charge on any atom is 0.264 e. The van der Waals surface area contributed by atoms with E-state index in [0.29, 0.717) is 18.0 Å². The van der Waals surface area contributed by atoms with E-state index in [2.05, 4.69) is 5.32 Å². The van der Waals surface area contributed by atoms with Gasteiger partial charge in [0, 0.05) is 13.1 Å². The van der Waals surface area contributed by atoms with Gasteiger partial charge in [0.05, 0.1) is 17.7 Å². The Morgan fingerprint density at radius 2 is 1.69 bits per heavy atom. The number of amides is 2. The molecule has 0 aliphatic carbocycles. The second kappa shape index (κ2) is 13.3. The average molecular weight is 552 g/mol. The Kier molecular flexibility index (Phi) is 10.1. The minimum Gasteiger partial charge on any atom is -0.497 e. The Morgan fingerprint density at radius 1 is 0.974 bits per heavy atom. The molecule has 0 aliphatic heterocycles. The van der Waals surface area contributed by atoms with E-state index in [9.17, 15) is 18.0 Å². The van der Waals surface area contributed by atoms with Gasteiger partial charge in [-0.05, 0) is 68.7 Å². The number of methoxy groups -OCH3 is 1. The number of nitrogens with zero attached hydrogens (tertiary/aromatic N) is 2. The molecule has 3 aromatic carbocycles. The molecule has 0 unspecified atom stereocenters. The van der Waals surface area contributed by atoms with Crippen LogP contribution in [0.15, 0.2) is 77.7 Å². The molecule has 0 fully saturated rings. The zero-order chi connectivity index (χ0) is 28.6. The number of carbonyl (C=O) groups is 2. The summed E-state index contributed by atoms with van der Waals surface area (Å²) in [5.41, 5.74) is 2.85. The first kappa shape index (κ1) is 29.7. The molecule has 3 aromatic rings. The lowest BCUT2D eigenvalue weighted by atomic mass is 10.1. The second-order valence-corrected chi connectivity index (χ2v) is 11.3. The molecule has 0 radical (unpaired) electrons. The zero-order valence-corrected chi connectivity index (χ0v) is 24.0. The highest BCUT2D eigenvalue weighted by Gasteiger charge is 2.33. The number of rotatable bonds is 12. The highest BCUT2D eigenvalue weighted by molar-refractivity contribution is 7.92. The third-order valence-electron chi connectivity index (χ3n) is 6.43.